The zero-order chi connectivity index (χ0) is 17.5. The average molecular weight is 330 g/mol. The summed E-state index contributed by atoms with van der Waals surface area (Å²) < 4.78 is 6.45. The lowest BCUT2D eigenvalue weighted by Gasteiger charge is -2.18. The first-order chi connectivity index (χ1) is 11.3. The standard InChI is InChI=1S/C14H18N8O2/c1-14(2,3)13-19-10(7-5-17-22(4)11(7)20-13)16-6-8-18-12(9(15)23)24-21-8/h5H,6H2,1-4H3,(H2,15,23)(H,16,19,20). The second-order valence-corrected chi connectivity index (χ2v) is 6.38. The third-order valence-electron chi connectivity index (χ3n) is 3.36. The Balaban J connectivity index is 1.94. The second kappa shape index (κ2) is 5.55. The number of fused-ring (bicyclic) bond motifs is 1. The van der Waals surface area contributed by atoms with Crippen molar-refractivity contribution in [2.45, 2.75) is 32.7 Å². The Morgan fingerprint density at radius 3 is 2.71 bits per heavy atom. The molecule has 10 nitrogen and oxygen atoms in total. The number of primary amides is 1. The lowest BCUT2D eigenvalue weighted by molar-refractivity contribution is 0.0958. The Morgan fingerprint density at radius 2 is 2.08 bits per heavy atom. The number of carbonyl (C=O) groups excluding carboxylic acids is 1. The van der Waals surface area contributed by atoms with E-state index in [0.29, 0.717) is 17.5 Å². The fraction of sp³-hybridized carbons (Fsp3) is 0.429. The van der Waals surface area contributed by atoms with Gasteiger partial charge in [0, 0.05) is 12.5 Å². The summed E-state index contributed by atoms with van der Waals surface area (Å²) in [5.74, 6) is 0.615. The van der Waals surface area contributed by atoms with Gasteiger partial charge in [0.15, 0.2) is 11.5 Å². The van der Waals surface area contributed by atoms with Gasteiger partial charge in [-0.15, -0.1) is 0 Å². The van der Waals surface area contributed by atoms with Crippen molar-refractivity contribution in [2.75, 3.05) is 5.32 Å². The van der Waals surface area contributed by atoms with Gasteiger partial charge in [0.05, 0.1) is 18.1 Å². The third kappa shape index (κ3) is 2.90. The molecule has 3 aromatic heterocycles. The zero-order valence-corrected chi connectivity index (χ0v) is 13.9. The predicted molar refractivity (Wildman–Crippen MR) is 85.1 cm³/mol. The highest BCUT2D eigenvalue weighted by molar-refractivity contribution is 5.88. The number of nitrogens with two attached hydrogens (primary N) is 1. The van der Waals surface area contributed by atoms with Crippen molar-refractivity contribution in [1.29, 1.82) is 0 Å². The highest BCUT2D eigenvalue weighted by Gasteiger charge is 2.21. The Labute approximate surface area is 137 Å². The minimum Gasteiger partial charge on any atom is -0.362 e. The summed E-state index contributed by atoms with van der Waals surface area (Å²) in [5.41, 5.74) is 5.60. The number of carbonyl (C=O) groups is 1. The number of aryl methyl sites for hydroxylation is 1. The minimum absolute atomic E-state index is 0.222. The number of hydrogen-bond donors (Lipinski definition) is 2. The SMILES string of the molecule is Cn1ncc2c(NCc3noc(C(N)=O)n3)nc(C(C)(C)C)nc21. The van der Waals surface area contributed by atoms with Crippen molar-refractivity contribution in [3.05, 3.63) is 23.7 Å². The van der Waals surface area contributed by atoms with Crippen molar-refractivity contribution in [1.82, 2.24) is 29.9 Å². The number of hydrogen-bond acceptors (Lipinski definition) is 8. The predicted octanol–water partition coefficient (Wildman–Crippen LogP) is 0.755. The van der Waals surface area contributed by atoms with Crippen LogP contribution in [0, 0.1) is 0 Å². The van der Waals surface area contributed by atoms with E-state index in [1.807, 2.05) is 27.8 Å². The topological polar surface area (TPSA) is 138 Å². The van der Waals surface area contributed by atoms with Crippen LogP contribution in [0.1, 0.15) is 43.1 Å². The first kappa shape index (κ1) is 15.8. The van der Waals surface area contributed by atoms with Crippen molar-refractivity contribution in [3.63, 3.8) is 0 Å². The van der Waals surface area contributed by atoms with Gasteiger partial charge in [0.2, 0.25) is 0 Å². The quantitative estimate of drug-likeness (QED) is 0.715. The van der Waals surface area contributed by atoms with Crippen molar-refractivity contribution in [3.8, 4) is 0 Å². The molecular formula is C14H18N8O2. The van der Waals surface area contributed by atoms with Crippen LogP contribution in [0.15, 0.2) is 10.7 Å². The lowest BCUT2D eigenvalue weighted by atomic mass is 9.95. The summed E-state index contributed by atoms with van der Waals surface area (Å²) in [7, 11) is 1.82. The molecule has 126 valence electrons. The van der Waals surface area contributed by atoms with E-state index in [4.69, 9.17) is 10.3 Å². The molecule has 24 heavy (non-hydrogen) atoms. The summed E-state index contributed by atoms with van der Waals surface area (Å²) in [4.78, 5) is 24.1. The first-order valence-corrected chi connectivity index (χ1v) is 7.32. The molecule has 3 N–H and O–H groups in total. The maximum Gasteiger partial charge on any atom is 0.315 e. The molecule has 0 saturated heterocycles. The summed E-state index contributed by atoms with van der Waals surface area (Å²) in [6.07, 6.45) is 1.69. The highest BCUT2D eigenvalue weighted by atomic mass is 16.5. The summed E-state index contributed by atoms with van der Waals surface area (Å²) in [5, 5.41) is 11.8. The van der Waals surface area contributed by atoms with Crippen LogP contribution in [0.25, 0.3) is 11.0 Å². The van der Waals surface area contributed by atoms with Crippen LogP contribution in [-0.4, -0.2) is 35.8 Å². The van der Waals surface area contributed by atoms with Gasteiger partial charge >= 0.3 is 11.8 Å². The van der Waals surface area contributed by atoms with Crippen LogP contribution in [0.2, 0.25) is 0 Å². The van der Waals surface area contributed by atoms with Crippen LogP contribution in [0.3, 0.4) is 0 Å². The highest BCUT2D eigenvalue weighted by Crippen LogP contribution is 2.25. The molecule has 0 aliphatic heterocycles. The number of nitrogens with one attached hydrogen (secondary N) is 1. The van der Waals surface area contributed by atoms with Gasteiger partial charge in [-0.3, -0.25) is 9.48 Å². The van der Waals surface area contributed by atoms with Crippen molar-refractivity contribution in [2.24, 2.45) is 12.8 Å². The molecule has 0 spiro atoms. The van der Waals surface area contributed by atoms with E-state index in [2.05, 4.69) is 30.5 Å². The number of nitrogens with zero attached hydrogens (tertiary/aromatic N) is 6. The van der Waals surface area contributed by atoms with Gasteiger partial charge < -0.3 is 15.6 Å². The number of rotatable bonds is 4. The fourth-order valence-electron chi connectivity index (χ4n) is 2.08. The minimum atomic E-state index is -0.763. The monoisotopic (exact) mass is 330 g/mol. The van der Waals surface area contributed by atoms with Gasteiger partial charge in [-0.2, -0.15) is 10.1 Å². The van der Waals surface area contributed by atoms with Crippen molar-refractivity contribution < 1.29 is 9.32 Å². The third-order valence-corrected chi connectivity index (χ3v) is 3.36. The van der Waals surface area contributed by atoms with Gasteiger partial charge in [-0.25, -0.2) is 9.97 Å². The summed E-state index contributed by atoms with van der Waals surface area (Å²) >= 11 is 0. The van der Waals surface area contributed by atoms with Crippen LogP contribution in [0.4, 0.5) is 5.82 Å². The average Bonchev–Trinajstić information content (AvgIpc) is 3.11. The molecule has 0 bridgehead atoms. The molecule has 3 heterocycles. The molecule has 3 rings (SSSR count). The Bertz CT molecular complexity index is 905. The van der Waals surface area contributed by atoms with Crippen LogP contribution in [0.5, 0.6) is 0 Å². The van der Waals surface area contributed by atoms with E-state index in [9.17, 15) is 4.79 Å². The molecule has 10 heteroatoms. The molecule has 1 amide bonds. The van der Waals surface area contributed by atoms with Crippen LogP contribution in [-0.2, 0) is 19.0 Å². The maximum absolute atomic E-state index is 11.0. The van der Waals surface area contributed by atoms with Gasteiger partial charge in [0.25, 0.3) is 0 Å². The molecule has 0 atom stereocenters. The van der Waals surface area contributed by atoms with E-state index >= 15 is 0 Å². The smallest absolute Gasteiger partial charge is 0.315 e. The first-order valence-electron chi connectivity index (χ1n) is 7.32. The normalized spacial score (nSPS) is 11.8. The molecule has 0 radical (unpaired) electrons. The fourth-order valence-corrected chi connectivity index (χ4v) is 2.08. The van der Waals surface area contributed by atoms with Crippen LogP contribution >= 0.6 is 0 Å². The van der Waals surface area contributed by atoms with Gasteiger partial charge in [0.1, 0.15) is 11.6 Å². The van der Waals surface area contributed by atoms with Crippen molar-refractivity contribution >= 4 is 22.8 Å². The maximum atomic E-state index is 11.0. The number of aromatic nitrogens is 6. The Hall–Kier alpha value is -3.04. The van der Waals surface area contributed by atoms with Crippen LogP contribution < -0.4 is 11.1 Å². The number of amides is 1. The van der Waals surface area contributed by atoms with Gasteiger partial charge in [-0.05, 0) is 0 Å². The molecule has 0 saturated carbocycles. The second-order valence-electron chi connectivity index (χ2n) is 6.38. The molecule has 0 aliphatic rings. The lowest BCUT2D eigenvalue weighted by Crippen LogP contribution is -2.18. The van der Waals surface area contributed by atoms with E-state index in [1.165, 1.54) is 0 Å². The molecular weight excluding hydrogens is 312 g/mol. The molecule has 3 aromatic rings. The largest absolute Gasteiger partial charge is 0.362 e. The summed E-state index contributed by atoms with van der Waals surface area (Å²) in [6, 6.07) is 0. The Kier molecular flexibility index (Phi) is 3.66. The molecule has 0 aliphatic carbocycles. The van der Waals surface area contributed by atoms with E-state index < -0.39 is 5.91 Å². The zero-order valence-electron chi connectivity index (χ0n) is 13.9. The molecule has 0 aromatic carbocycles. The van der Waals surface area contributed by atoms with E-state index in [0.717, 1.165) is 11.0 Å². The summed E-state index contributed by atoms with van der Waals surface area (Å²) in [6.45, 7) is 6.33. The molecule has 0 unspecified atom stereocenters. The van der Waals surface area contributed by atoms with Gasteiger partial charge in [-0.1, -0.05) is 25.9 Å². The van der Waals surface area contributed by atoms with E-state index in [-0.39, 0.29) is 17.9 Å². The Morgan fingerprint density at radius 1 is 1.33 bits per heavy atom. The number of anilines is 1. The van der Waals surface area contributed by atoms with E-state index in [1.54, 1.807) is 10.9 Å². The molecule has 0 fully saturated rings.